The maximum absolute atomic E-state index is 13.2. The van der Waals surface area contributed by atoms with Gasteiger partial charge in [-0.3, -0.25) is 4.79 Å². The normalized spacial score (nSPS) is 11.2. The number of rotatable bonds is 5. The van der Waals surface area contributed by atoms with Crippen LogP contribution in [0.3, 0.4) is 0 Å². The van der Waals surface area contributed by atoms with Crippen molar-refractivity contribution in [2.75, 3.05) is 27.2 Å². The van der Waals surface area contributed by atoms with Gasteiger partial charge in [0.15, 0.2) is 0 Å². The number of H-pyrrole nitrogens is 1. The van der Waals surface area contributed by atoms with Crippen molar-refractivity contribution in [1.82, 2.24) is 15.2 Å². The maximum atomic E-state index is 13.2. The Morgan fingerprint density at radius 2 is 2.21 bits per heavy atom. The molecule has 102 valence electrons. The van der Waals surface area contributed by atoms with Gasteiger partial charge in [-0.1, -0.05) is 0 Å². The largest absolute Gasteiger partial charge is 0.361 e. The van der Waals surface area contributed by atoms with Crippen molar-refractivity contribution >= 4 is 16.8 Å². The summed E-state index contributed by atoms with van der Waals surface area (Å²) in [6.07, 6.45) is 2.02. The van der Waals surface area contributed by atoms with Crippen molar-refractivity contribution in [2.24, 2.45) is 0 Å². The van der Waals surface area contributed by atoms with E-state index in [4.69, 9.17) is 0 Å². The molecule has 0 saturated heterocycles. The fourth-order valence-corrected chi connectivity index (χ4v) is 1.95. The van der Waals surface area contributed by atoms with Gasteiger partial charge in [-0.05, 0) is 37.9 Å². The molecule has 0 fully saturated rings. The first-order valence-electron chi connectivity index (χ1n) is 6.23. The number of aromatic amines is 1. The second-order valence-electron chi connectivity index (χ2n) is 4.83. The Kier molecular flexibility index (Phi) is 4.16. The first-order valence-corrected chi connectivity index (χ1v) is 6.23. The number of hydrogen-bond acceptors (Lipinski definition) is 2. The summed E-state index contributed by atoms with van der Waals surface area (Å²) in [7, 11) is 3.91. The molecule has 5 heteroatoms. The van der Waals surface area contributed by atoms with Crippen LogP contribution in [0.25, 0.3) is 10.9 Å². The highest BCUT2D eigenvalue weighted by Gasteiger charge is 2.09. The Morgan fingerprint density at radius 3 is 2.95 bits per heavy atom. The highest BCUT2D eigenvalue weighted by Crippen LogP contribution is 2.19. The Labute approximate surface area is 111 Å². The van der Waals surface area contributed by atoms with E-state index < -0.39 is 0 Å². The van der Waals surface area contributed by atoms with E-state index in [1.165, 1.54) is 12.1 Å². The maximum Gasteiger partial charge on any atom is 0.224 e. The minimum Gasteiger partial charge on any atom is -0.361 e. The SMILES string of the molecule is CN(C)CCNC(=O)Cc1c[nH]c2ccc(F)cc12. The molecule has 0 radical (unpaired) electrons. The molecule has 0 aliphatic heterocycles. The van der Waals surface area contributed by atoms with Gasteiger partial charge >= 0.3 is 0 Å². The summed E-state index contributed by atoms with van der Waals surface area (Å²) >= 11 is 0. The van der Waals surface area contributed by atoms with Crippen molar-refractivity contribution < 1.29 is 9.18 Å². The first kappa shape index (κ1) is 13.5. The van der Waals surface area contributed by atoms with Crippen LogP contribution in [0.2, 0.25) is 0 Å². The van der Waals surface area contributed by atoms with Gasteiger partial charge < -0.3 is 15.2 Å². The van der Waals surface area contributed by atoms with E-state index in [1.54, 1.807) is 12.3 Å². The number of fused-ring (bicyclic) bond motifs is 1. The first-order chi connectivity index (χ1) is 9.06. The van der Waals surface area contributed by atoms with Gasteiger partial charge in [-0.15, -0.1) is 0 Å². The third kappa shape index (κ3) is 3.54. The molecular formula is C14H18FN3O. The van der Waals surface area contributed by atoms with Crippen LogP contribution in [0, 0.1) is 5.82 Å². The van der Waals surface area contributed by atoms with Crippen LogP contribution in [0.1, 0.15) is 5.56 Å². The van der Waals surface area contributed by atoms with Gasteiger partial charge in [0.1, 0.15) is 5.82 Å². The fourth-order valence-electron chi connectivity index (χ4n) is 1.95. The van der Waals surface area contributed by atoms with E-state index in [1.807, 2.05) is 19.0 Å². The van der Waals surface area contributed by atoms with E-state index in [9.17, 15) is 9.18 Å². The zero-order chi connectivity index (χ0) is 13.8. The second kappa shape index (κ2) is 5.84. The molecule has 4 nitrogen and oxygen atoms in total. The molecule has 0 aliphatic rings. The number of halogens is 1. The molecule has 2 rings (SSSR count). The van der Waals surface area contributed by atoms with Crippen molar-refractivity contribution in [3.05, 3.63) is 35.8 Å². The summed E-state index contributed by atoms with van der Waals surface area (Å²) in [5.41, 5.74) is 1.66. The molecule has 0 unspecified atom stereocenters. The zero-order valence-corrected chi connectivity index (χ0v) is 11.2. The minimum absolute atomic E-state index is 0.0491. The van der Waals surface area contributed by atoms with E-state index in [-0.39, 0.29) is 18.1 Å². The Balaban J connectivity index is 2.01. The number of nitrogens with zero attached hydrogens (tertiary/aromatic N) is 1. The lowest BCUT2D eigenvalue weighted by Gasteiger charge is -2.10. The quantitative estimate of drug-likeness (QED) is 0.859. The highest BCUT2D eigenvalue weighted by atomic mass is 19.1. The van der Waals surface area contributed by atoms with Gasteiger partial charge in [0.2, 0.25) is 5.91 Å². The van der Waals surface area contributed by atoms with Crippen LogP contribution in [0.15, 0.2) is 24.4 Å². The topological polar surface area (TPSA) is 48.1 Å². The molecule has 1 amide bonds. The van der Waals surface area contributed by atoms with Crippen molar-refractivity contribution in [2.45, 2.75) is 6.42 Å². The van der Waals surface area contributed by atoms with Gasteiger partial charge in [-0.25, -0.2) is 4.39 Å². The van der Waals surface area contributed by atoms with Crippen LogP contribution < -0.4 is 5.32 Å². The predicted molar refractivity (Wildman–Crippen MR) is 73.5 cm³/mol. The molecule has 2 aromatic rings. The Hall–Kier alpha value is -1.88. The van der Waals surface area contributed by atoms with Crippen LogP contribution in [0.5, 0.6) is 0 Å². The molecule has 0 aliphatic carbocycles. The lowest BCUT2D eigenvalue weighted by Crippen LogP contribution is -2.32. The summed E-state index contributed by atoms with van der Waals surface area (Å²) in [4.78, 5) is 16.8. The highest BCUT2D eigenvalue weighted by molar-refractivity contribution is 5.88. The number of likely N-dealkylation sites (N-methyl/N-ethyl adjacent to an activating group) is 1. The second-order valence-corrected chi connectivity index (χ2v) is 4.83. The summed E-state index contributed by atoms with van der Waals surface area (Å²) in [5.74, 6) is -0.339. The fraction of sp³-hybridized carbons (Fsp3) is 0.357. The van der Waals surface area contributed by atoms with Gasteiger partial charge in [-0.2, -0.15) is 0 Å². The molecule has 2 N–H and O–H groups in total. The molecule has 0 saturated carbocycles. The number of carbonyl (C=O) groups excluding carboxylic acids is 1. The van der Waals surface area contributed by atoms with E-state index in [0.29, 0.717) is 6.54 Å². The van der Waals surface area contributed by atoms with E-state index in [2.05, 4.69) is 10.3 Å². The number of aromatic nitrogens is 1. The molecule has 1 aromatic carbocycles. The lowest BCUT2D eigenvalue weighted by atomic mass is 10.1. The van der Waals surface area contributed by atoms with Crippen molar-refractivity contribution in [3.63, 3.8) is 0 Å². The summed E-state index contributed by atoms with van der Waals surface area (Å²) in [6.45, 7) is 1.41. The third-order valence-electron chi connectivity index (χ3n) is 2.96. The average molecular weight is 263 g/mol. The minimum atomic E-state index is -0.290. The average Bonchev–Trinajstić information content (AvgIpc) is 2.71. The smallest absolute Gasteiger partial charge is 0.224 e. The molecule has 0 atom stereocenters. The van der Waals surface area contributed by atoms with E-state index in [0.717, 1.165) is 23.0 Å². The van der Waals surface area contributed by atoms with Crippen molar-refractivity contribution in [1.29, 1.82) is 0 Å². The Bertz CT molecular complexity index is 577. The van der Waals surface area contributed by atoms with Crippen LogP contribution in [-0.4, -0.2) is 43.0 Å². The molecule has 1 aromatic heterocycles. The Morgan fingerprint density at radius 1 is 1.42 bits per heavy atom. The molecule has 0 spiro atoms. The molecular weight excluding hydrogens is 245 g/mol. The number of carbonyl (C=O) groups is 1. The summed E-state index contributed by atoms with van der Waals surface area (Å²) in [6, 6.07) is 4.53. The zero-order valence-electron chi connectivity index (χ0n) is 11.2. The number of benzene rings is 1. The third-order valence-corrected chi connectivity index (χ3v) is 2.96. The monoisotopic (exact) mass is 263 g/mol. The van der Waals surface area contributed by atoms with Gasteiger partial charge in [0.05, 0.1) is 6.42 Å². The standard InChI is InChI=1S/C14H18FN3O/c1-18(2)6-5-16-14(19)7-10-9-17-13-4-3-11(15)8-12(10)13/h3-4,8-9,17H,5-7H2,1-2H3,(H,16,19). The molecule has 0 bridgehead atoms. The molecule has 19 heavy (non-hydrogen) atoms. The van der Waals surface area contributed by atoms with Gasteiger partial charge in [0.25, 0.3) is 0 Å². The predicted octanol–water partition coefficient (Wildman–Crippen LogP) is 1.53. The number of amides is 1. The van der Waals surface area contributed by atoms with Gasteiger partial charge in [0, 0.05) is 30.2 Å². The summed E-state index contributed by atoms with van der Waals surface area (Å²) in [5, 5.41) is 3.61. The summed E-state index contributed by atoms with van der Waals surface area (Å²) < 4.78 is 13.2. The van der Waals surface area contributed by atoms with Crippen molar-refractivity contribution in [3.8, 4) is 0 Å². The van der Waals surface area contributed by atoms with Crippen LogP contribution in [-0.2, 0) is 11.2 Å². The lowest BCUT2D eigenvalue weighted by molar-refractivity contribution is -0.120. The van der Waals surface area contributed by atoms with E-state index >= 15 is 0 Å². The number of nitrogens with one attached hydrogen (secondary N) is 2. The number of hydrogen-bond donors (Lipinski definition) is 2. The molecule has 1 heterocycles. The van der Waals surface area contributed by atoms with Crippen LogP contribution in [0.4, 0.5) is 4.39 Å². The van der Waals surface area contributed by atoms with Crippen LogP contribution >= 0.6 is 0 Å².